The molecule has 104 valence electrons. The van der Waals surface area contributed by atoms with Crippen molar-refractivity contribution >= 4 is 37.3 Å². The van der Waals surface area contributed by atoms with Crippen molar-refractivity contribution in [2.45, 2.75) is 16.7 Å². The molecule has 18 heavy (non-hydrogen) atoms. The Morgan fingerprint density at radius 3 is 2.61 bits per heavy atom. The van der Waals surface area contributed by atoms with Gasteiger partial charge in [0.25, 0.3) is 10.0 Å². The number of nitrogens with one attached hydrogen (secondary N) is 1. The van der Waals surface area contributed by atoms with Crippen LogP contribution < -0.4 is 4.72 Å². The van der Waals surface area contributed by atoms with Crippen molar-refractivity contribution in [2.75, 3.05) is 27.2 Å². The summed E-state index contributed by atoms with van der Waals surface area (Å²) in [5.41, 5.74) is -1.11. The van der Waals surface area contributed by atoms with Gasteiger partial charge in [-0.3, -0.25) is 0 Å². The molecule has 5 nitrogen and oxygen atoms in total. The summed E-state index contributed by atoms with van der Waals surface area (Å²) in [5, 5.41) is 11.7. The van der Waals surface area contributed by atoms with Gasteiger partial charge in [0.15, 0.2) is 0 Å². The first kappa shape index (κ1) is 16.1. The maximum Gasteiger partial charge on any atom is 0.251 e. The third-order valence-electron chi connectivity index (χ3n) is 2.13. The zero-order valence-electron chi connectivity index (χ0n) is 10.5. The van der Waals surface area contributed by atoms with E-state index in [2.05, 4.69) is 20.7 Å². The van der Waals surface area contributed by atoms with Gasteiger partial charge in [0.2, 0.25) is 0 Å². The lowest BCUT2D eigenvalue weighted by molar-refractivity contribution is 0.0386. The molecule has 0 saturated heterocycles. The Morgan fingerprint density at radius 2 is 2.17 bits per heavy atom. The molecule has 0 aliphatic rings. The second-order valence-electron chi connectivity index (χ2n) is 4.62. The lowest BCUT2D eigenvalue weighted by Gasteiger charge is -2.26. The van der Waals surface area contributed by atoms with Crippen LogP contribution in [0.5, 0.6) is 0 Å². The zero-order chi connectivity index (χ0) is 14.0. The number of rotatable bonds is 6. The molecule has 0 aliphatic heterocycles. The number of aliphatic hydroxyl groups is 1. The SMILES string of the molecule is CN(C)CC(C)(O)CNS(=O)(=O)c1sccc1Br. The normalized spacial score (nSPS) is 15.9. The predicted octanol–water partition coefficient (Wildman–Crippen LogP) is 1.10. The Bertz CT molecular complexity index is 497. The zero-order valence-corrected chi connectivity index (χ0v) is 13.7. The molecular formula is C10H17BrN2O3S2. The molecule has 1 atom stereocenters. The molecule has 0 aliphatic carbocycles. The van der Waals surface area contributed by atoms with Gasteiger partial charge in [-0.1, -0.05) is 0 Å². The molecule has 0 fully saturated rings. The van der Waals surface area contributed by atoms with Crippen LogP contribution in [0.1, 0.15) is 6.92 Å². The van der Waals surface area contributed by atoms with Gasteiger partial charge < -0.3 is 10.0 Å². The quantitative estimate of drug-likeness (QED) is 0.800. The van der Waals surface area contributed by atoms with Gasteiger partial charge >= 0.3 is 0 Å². The minimum Gasteiger partial charge on any atom is -0.387 e. The van der Waals surface area contributed by atoms with Crippen molar-refractivity contribution in [3.8, 4) is 0 Å². The number of nitrogens with zero attached hydrogens (tertiary/aromatic N) is 1. The largest absolute Gasteiger partial charge is 0.387 e. The number of halogens is 1. The molecule has 0 bridgehead atoms. The van der Waals surface area contributed by atoms with Crippen molar-refractivity contribution in [3.05, 3.63) is 15.9 Å². The standard InChI is InChI=1S/C10H17BrN2O3S2/c1-10(14,7-13(2)3)6-12-18(15,16)9-8(11)4-5-17-9/h4-5,12,14H,6-7H2,1-3H3. The van der Waals surface area contributed by atoms with Gasteiger partial charge in [-0.15, -0.1) is 11.3 Å². The average Bonchev–Trinajstić information content (AvgIpc) is 2.61. The fourth-order valence-electron chi connectivity index (χ4n) is 1.52. The van der Waals surface area contributed by atoms with E-state index in [0.717, 1.165) is 11.3 Å². The average molecular weight is 357 g/mol. The minimum absolute atomic E-state index is 0.0299. The second kappa shape index (κ2) is 5.98. The van der Waals surface area contributed by atoms with Crippen molar-refractivity contribution in [2.24, 2.45) is 0 Å². The molecule has 1 rings (SSSR count). The number of thiophene rings is 1. The first-order valence-corrected chi connectivity index (χ1v) is 8.39. The van der Waals surface area contributed by atoms with E-state index in [1.54, 1.807) is 23.3 Å². The van der Waals surface area contributed by atoms with E-state index in [-0.39, 0.29) is 10.8 Å². The molecule has 2 N–H and O–H groups in total. The van der Waals surface area contributed by atoms with E-state index in [1.807, 2.05) is 14.1 Å². The van der Waals surface area contributed by atoms with Crippen LogP contribution in [-0.4, -0.2) is 51.2 Å². The van der Waals surface area contributed by atoms with E-state index >= 15 is 0 Å². The maximum absolute atomic E-state index is 12.0. The lowest BCUT2D eigenvalue weighted by atomic mass is 10.1. The third-order valence-corrected chi connectivity index (χ3v) is 6.20. The fraction of sp³-hybridized carbons (Fsp3) is 0.600. The lowest BCUT2D eigenvalue weighted by Crippen LogP contribution is -2.46. The van der Waals surface area contributed by atoms with Gasteiger partial charge in [0.1, 0.15) is 4.21 Å². The number of hydrogen-bond donors (Lipinski definition) is 2. The van der Waals surface area contributed by atoms with Crippen LogP contribution in [-0.2, 0) is 10.0 Å². The van der Waals surface area contributed by atoms with Crippen LogP contribution in [0.15, 0.2) is 20.1 Å². The molecule has 0 saturated carbocycles. The van der Waals surface area contributed by atoms with Crippen molar-refractivity contribution in [1.29, 1.82) is 0 Å². The highest BCUT2D eigenvalue weighted by molar-refractivity contribution is 9.10. The Labute approximate surface area is 120 Å². The van der Waals surface area contributed by atoms with Gasteiger partial charge in [0, 0.05) is 17.6 Å². The summed E-state index contributed by atoms with van der Waals surface area (Å²) in [6, 6.07) is 1.68. The Hall–Kier alpha value is 0.01000. The van der Waals surface area contributed by atoms with Gasteiger partial charge in [-0.2, -0.15) is 0 Å². The van der Waals surface area contributed by atoms with Crippen LogP contribution >= 0.6 is 27.3 Å². The Balaban J connectivity index is 2.72. The predicted molar refractivity (Wildman–Crippen MR) is 76.4 cm³/mol. The number of sulfonamides is 1. The van der Waals surface area contributed by atoms with Gasteiger partial charge in [-0.05, 0) is 48.4 Å². The van der Waals surface area contributed by atoms with Crippen molar-refractivity contribution < 1.29 is 13.5 Å². The van der Waals surface area contributed by atoms with Crippen molar-refractivity contribution in [3.63, 3.8) is 0 Å². The Kier molecular flexibility index (Phi) is 5.33. The highest BCUT2D eigenvalue weighted by Crippen LogP contribution is 2.27. The van der Waals surface area contributed by atoms with E-state index in [0.29, 0.717) is 11.0 Å². The number of hydrogen-bond acceptors (Lipinski definition) is 5. The monoisotopic (exact) mass is 356 g/mol. The maximum atomic E-state index is 12.0. The molecule has 8 heteroatoms. The summed E-state index contributed by atoms with van der Waals surface area (Å²) < 4.78 is 27.2. The summed E-state index contributed by atoms with van der Waals surface area (Å²) in [7, 11) is 0.0631. The molecular weight excluding hydrogens is 340 g/mol. The van der Waals surface area contributed by atoms with E-state index in [9.17, 15) is 13.5 Å². The van der Waals surface area contributed by atoms with E-state index in [4.69, 9.17) is 0 Å². The summed E-state index contributed by atoms with van der Waals surface area (Å²) in [4.78, 5) is 1.80. The first-order valence-electron chi connectivity index (χ1n) is 5.24. The smallest absolute Gasteiger partial charge is 0.251 e. The van der Waals surface area contributed by atoms with Gasteiger partial charge in [-0.25, -0.2) is 13.1 Å². The van der Waals surface area contributed by atoms with Crippen LogP contribution in [0, 0.1) is 0 Å². The first-order chi connectivity index (χ1) is 8.14. The van der Waals surface area contributed by atoms with Crippen LogP contribution in [0.3, 0.4) is 0 Å². The molecule has 0 aromatic carbocycles. The van der Waals surface area contributed by atoms with Crippen LogP contribution in [0.4, 0.5) is 0 Å². The summed E-state index contributed by atoms with van der Waals surface area (Å²) in [6.45, 7) is 1.94. The third kappa shape index (κ3) is 4.60. The van der Waals surface area contributed by atoms with Gasteiger partial charge in [0.05, 0.1) is 5.60 Å². The second-order valence-corrected chi connectivity index (χ2v) is 8.35. The van der Waals surface area contributed by atoms with Crippen LogP contribution in [0.25, 0.3) is 0 Å². The Morgan fingerprint density at radius 1 is 1.56 bits per heavy atom. The highest BCUT2D eigenvalue weighted by Gasteiger charge is 2.26. The topological polar surface area (TPSA) is 69.6 Å². The molecule has 1 heterocycles. The molecule has 1 aromatic heterocycles. The highest BCUT2D eigenvalue weighted by atomic mass is 79.9. The summed E-state index contributed by atoms with van der Waals surface area (Å²) >= 11 is 4.31. The molecule has 0 amide bonds. The molecule has 1 aromatic rings. The summed E-state index contributed by atoms with van der Waals surface area (Å²) in [6.07, 6.45) is 0. The van der Waals surface area contributed by atoms with E-state index < -0.39 is 15.6 Å². The minimum atomic E-state index is -3.57. The number of likely N-dealkylation sites (N-methyl/N-ethyl adjacent to an activating group) is 1. The van der Waals surface area contributed by atoms with Crippen LogP contribution in [0.2, 0.25) is 0 Å². The van der Waals surface area contributed by atoms with E-state index in [1.165, 1.54) is 0 Å². The molecule has 1 unspecified atom stereocenters. The fourth-order valence-corrected chi connectivity index (χ4v) is 5.07. The molecule has 0 radical (unpaired) electrons. The van der Waals surface area contributed by atoms with Crippen molar-refractivity contribution in [1.82, 2.24) is 9.62 Å². The molecule has 0 spiro atoms. The summed E-state index contributed by atoms with van der Waals surface area (Å²) in [5.74, 6) is 0.